The average Bonchev–Trinajstić information content (AvgIpc) is 2.34. The molecule has 19 heavy (non-hydrogen) atoms. The number of benzene rings is 1. The van der Waals surface area contributed by atoms with Crippen LogP contribution < -0.4 is 5.32 Å². The Bertz CT molecular complexity index is 594. The third kappa shape index (κ3) is 2.84. The topological polar surface area (TPSA) is 37.8 Å². The minimum Gasteiger partial charge on any atom is -0.369 e. The van der Waals surface area contributed by atoms with Crippen LogP contribution in [0.1, 0.15) is 18.1 Å². The molecule has 1 aromatic heterocycles. The van der Waals surface area contributed by atoms with Crippen LogP contribution in [0.3, 0.4) is 0 Å². The number of rotatable bonds is 3. The van der Waals surface area contributed by atoms with Crippen molar-refractivity contribution in [3.63, 3.8) is 0 Å². The fourth-order valence-corrected chi connectivity index (χ4v) is 2.13. The van der Waals surface area contributed by atoms with E-state index in [-0.39, 0.29) is 5.82 Å². The van der Waals surface area contributed by atoms with E-state index in [1.807, 2.05) is 20.8 Å². The van der Waals surface area contributed by atoms with Gasteiger partial charge in [0.1, 0.15) is 5.82 Å². The quantitative estimate of drug-likeness (QED) is 0.923. The molecule has 0 atom stereocenters. The Hall–Kier alpha value is -1.68. The number of anilines is 1. The molecule has 0 bridgehead atoms. The van der Waals surface area contributed by atoms with Crippen LogP contribution in [0.5, 0.6) is 0 Å². The molecule has 0 saturated carbocycles. The van der Waals surface area contributed by atoms with Crippen molar-refractivity contribution in [2.45, 2.75) is 20.8 Å². The fourth-order valence-electron chi connectivity index (χ4n) is 1.91. The van der Waals surface area contributed by atoms with Crippen molar-refractivity contribution < 1.29 is 4.39 Å². The zero-order valence-corrected chi connectivity index (χ0v) is 11.8. The molecule has 3 nitrogen and oxygen atoms in total. The number of nitrogens with zero attached hydrogens (tertiary/aromatic N) is 2. The summed E-state index contributed by atoms with van der Waals surface area (Å²) in [6.45, 7) is 6.68. The molecular formula is C14H15ClFN3. The second-order valence-electron chi connectivity index (χ2n) is 4.34. The van der Waals surface area contributed by atoms with Gasteiger partial charge in [-0.2, -0.15) is 0 Å². The van der Waals surface area contributed by atoms with Gasteiger partial charge in [-0.3, -0.25) is 0 Å². The van der Waals surface area contributed by atoms with Gasteiger partial charge < -0.3 is 5.32 Å². The van der Waals surface area contributed by atoms with E-state index in [0.717, 1.165) is 23.5 Å². The summed E-state index contributed by atoms with van der Waals surface area (Å²) in [5, 5.41) is 11.8. The lowest BCUT2D eigenvalue weighted by Crippen LogP contribution is -2.06. The number of hydrogen-bond donors (Lipinski definition) is 1. The second kappa shape index (κ2) is 5.53. The summed E-state index contributed by atoms with van der Waals surface area (Å²) >= 11 is 5.87. The maximum atomic E-state index is 13.4. The van der Waals surface area contributed by atoms with Gasteiger partial charge >= 0.3 is 0 Å². The zero-order chi connectivity index (χ0) is 14.0. The van der Waals surface area contributed by atoms with Crippen LogP contribution in [-0.2, 0) is 0 Å². The van der Waals surface area contributed by atoms with Crippen molar-refractivity contribution in [3.05, 3.63) is 40.2 Å². The molecular weight excluding hydrogens is 265 g/mol. The van der Waals surface area contributed by atoms with Crippen molar-refractivity contribution in [3.8, 4) is 11.3 Å². The van der Waals surface area contributed by atoms with E-state index < -0.39 is 0 Å². The Morgan fingerprint density at radius 2 is 1.89 bits per heavy atom. The molecule has 0 fully saturated rings. The van der Waals surface area contributed by atoms with E-state index in [0.29, 0.717) is 16.3 Å². The van der Waals surface area contributed by atoms with Gasteiger partial charge in [-0.1, -0.05) is 11.6 Å². The lowest BCUT2D eigenvalue weighted by molar-refractivity contribution is 0.628. The average molecular weight is 280 g/mol. The van der Waals surface area contributed by atoms with Crippen molar-refractivity contribution in [1.29, 1.82) is 0 Å². The van der Waals surface area contributed by atoms with E-state index in [1.165, 1.54) is 12.1 Å². The molecule has 0 aliphatic carbocycles. The number of halogens is 2. The number of hydrogen-bond acceptors (Lipinski definition) is 3. The molecule has 0 aliphatic heterocycles. The zero-order valence-electron chi connectivity index (χ0n) is 11.1. The van der Waals surface area contributed by atoms with Crippen LogP contribution in [-0.4, -0.2) is 16.7 Å². The summed E-state index contributed by atoms with van der Waals surface area (Å²) in [7, 11) is 0. The van der Waals surface area contributed by atoms with E-state index >= 15 is 0 Å². The summed E-state index contributed by atoms with van der Waals surface area (Å²) in [4.78, 5) is 0. The van der Waals surface area contributed by atoms with E-state index in [4.69, 9.17) is 11.6 Å². The molecule has 2 aromatic rings. The number of nitrogens with one attached hydrogen (secondary N) is 1. The molecule has 0 unspecified atom stereocenters. The Kier molecular flexibility index (Phi) is 4.00. The van der Waals surface area contributed by atoms with Crippen LogP contribution in [0.2, 0.25) is 5.02 Å². The fraction of sp³-hybridized carbons (Fsp3) is 0.286. The standard InChI is InChI=1S/C14H15ClFN3/c1-4-17-14-9(3)8(2)13(18-19-14)10-5-11(15)7-12(16)6-10/h5-7H,4H2,1-3H3,(H,17,19). The minimum atomic E-state index is -0.378. The summed E-state index contributed by atoms with van der Waals surface area (Å²) in [6, 6.07) is 4.37. The molecule has 0 aliphatic rings. The van der Waals surface area contributed by atoms with Gasteiger partial charge in [-0.05, 0) is 50.1 Å². The van der Waals surface area contributed by atoms with Crippen LogP contribution >= 0.6 is 11.6 Å². The largest absolute Gasteiger partial charge is 0.369 e. The summed E-state index contributed by atoms with van der Waals surface area (Å²) < 4.78 is 13.4. The van der Waals surface area contributed by atoms with E-state index in [9.17, 15) is 4.39 Å². The number of aromatic nitrogens is 2. The molecule has 100 valence electrons. The first-order valence-corrected chi connectivity index (χ1v) is 6.45. The first-order valence-electron chi connectivity index (χ1n) is 6.07. The maximum Gasteiger partial charge on any atom is 0.151 e. The van der Waals surface area contributed by atoms with Crippen LogP contribution in [0.15, 0.2) is 18.2 Å². The molecule has 1 aromatic carbocycles. The van der Waals surface area contributed by atoms with Crippen molar-refractivity contribution in [2.24, 2.45) is 0 Å². The first kappa shape index (κ1) is 13.7. The molecule has 5 heteroatoms. The highest BCUT2D eigenvalue weighted by Gasteiger charge is 2.12. The normalized spacial score (nSPS) is 10.6. The van der Waals surface area contributed by atoms with Gasteiger partial charge in [0, 0.05) is 17.1 Å². The lowest BCUT2D eigenvalue weighted by Gasteiger charge is -2.12. The molecule has 2 rings (SSSR count). The van der Waals surface area contributed by atoms with Gasteiger partial charge in [0.25, 0.3) is 0 Å². The molecule has 1 N–H and O–H groups in total. The van der Waals surface area contributed by atoms with Gasteiger partial charge in [0.05, 0.1) is 5.69 Å². The smallest absolute Gasteiger partial charge is 0.151 e. The molecule has 0 spiro atoms. The highest BCUT2D eigenvalue weighted by atomic mass is 35.5. The van der Waals surface area contributed by atoms with E-state index in [1.54, 1.807) is 6.07 Å². The minimum absolute atomic E-state index is 0.351. The first-order chi connectivity index (χ1) is 9.02. The van der Waals surface area contributed by atoms with Gasteiger partial charge in [-0.15, -0.1) is 10.2 Å². The van der Waals surface area contributed by atoms with E-state index in [2.05, 4.69) is 15.5 Å². The van der Waals surface area contributed by atoms with Crippen LogP contribution in [0, 0.1) is 19.7 Å². The maximum absolute atomic E-state index is 13.4. The Morgan fingerprint density at radius 1 is 1.16 bits per heavy atom. The van der Waals surface area contributed by atoms with Crippen LogP contribution in [0.4, 0.5) is 10.2 Å². The van der Waals surface area contributed by atoms with Crippen molar-refractivity contribution in [1.82, 2.24) is 10.2 Å². The Balaban J connectivity index is 2.54. The SMILES string of the molecule is CCNc1nnc(-c2cc(F)cc(Cl)c2)c(C)c1C. The highest BCUT2D eigenvalue weighted by molar-refractivity contribution is 6.30. The molecule has 0 saturated heterocycles. The third-order valence-electron chi connectivity index (χ3n) is 3.00. The van der Waals surface area contributed by atoms with Crippen LogP contribution in [0.25, 0.3) is 11.3 Å². The van der Waals surface area contributed by atoms with Gasteiger partial charge in [-0.25, -0.2) is 4.39 Å². The van der Waals surface area contributed by atoms with Crippen molar-refractivity contribution >= 4 is 17.4 Å². The molecule has 0 amide bonds. The summed E-state index contributed by atoms with van der Waals surface area (Å²) in [5.74, 6) is 0.378. The predicted octanol–water partition coefficient (Wildman–Crippen LogP) is 3.98. The Morgan fingerprint density at radius 3 is 2.53 bits per heavy atom. The van der Waals surface area contributed by atoms with Gasteiger partial charge in [0.2, 0.25) is 0 Å². The summed E-state index contributed by atoms with van der Waals surface area (Å²) in [5.41, 5.74) is 3.27. The monoisotopic (exact) mass is 279 g/mol. The summed E-state index contributed by atoms with van der Waals surface area (Å²) in [6.07, 6.45) is 0. The highest BCUT2D eigenvalue weighted by Crippen LogP contribution is 2.28. The van der Waals surface area contributed by atoms with Crippen molar-refractivity contribution in [2.75, 3.05) is 11.9 Å². The second-order valence-corrected chi connectivity index (χ2v) is 4.77. The lowest BCUT2D eigenvalue weighted by atomic mass is 10.0. The van der Waals surface area contributed by atoms with Gasteiger partial charge in [0.15, 0.2) is 5.82 Å². The third-order valence-corrected chi connectivity index (χ3v) is 3.22. The Labute approximate surface area is 116 Å². The molecule has 1 heterocycles. The predicted molar refractivity (Wildman–Crippen MR) is 76.1 cm³/mol. The molecule has 0 radical (unpaired) electrons.